The number of ether oxygens (including phenoxy) is 1. The van der Waals surface area contributed by atoms with Crippen LogP contribution in [0, 0.1) is 0 Å². The summed E-state index contributed by atoms with van der Waals surface area (Å²) in [7, 11) is 1.65. The molecule has 0 aliphatic heterocycles. The molecule has 2 aromatic rings. The number of nitrogens with one attached hydrogen (secondary N) is 1. The fourth-order valence-corrected chi connectivity index (χ4v) is 2.29. The minimum Gasteiger partial charge on any atom is -0.496 e. The van der Waals surface area contributed by atoms with E-state index in [4.69, 9.17) is 9.15 Å². The molecule has 0 atom stereocenters. The van der Waals surface area contributed by atoms with E-state index in [0.717, 1.165) is 46.9 Å². The van der Waals surface area contributed by atoms with Crippen molar-refractivity contribution in [3.8, 4) is 17.1 Å². The molecule has 4 nitrogen and oxygen atoms in total. The van der Waals surface area contributed by atoms with E-state index < -0.39 is 0 Å². The van der Waals surface area contributed by atoms with Crippen LogP contribution in [0.15, 0.2) is 33.3 Å². The Labute approximate surface area is 121 Å². The lowest BCUT2D eigenvalue weighted by atomic mass is 10.2. The van der Waals surface area contributed by atoms with Gasteiger partial charge in [0, 0.05) is 18.5 Å². The summed E-state index contributed by atoms with van der Waals surface area (Å²) in [5, 5.41) is 3.25. The first kappa shape index (κ1) is 14.1. The van der Waals surface area contributed by atoms with Crippen LogP contribution in [0.5, 0.6) is 5.75 Å². The lowest BCUT2D eigenvalue weighted by Gasteiger charge is -2.04. The van der Waals surface area contributed by atoms with Gasteiger partial charge in [-0.15, -0.1) is 0 Å². The van der Waals surface area contributed by atoms with E-state index in [1.165, 1.54) is 0 Å². The van der Waals surface area contributed by atoms with Gasteiger partial charge in [-0.25, -0.2) is 4.98 Å². The van der Waals surface area contributed by atoms with Crippen LogP contribution < -0.4 is 10.1 Å². The standard InChI is InChI=1S/C14H17BrN2O2/c1-3-16-7-6-14-17-9-13(19-14)10-4-5-12(18-2)11(15)8-10/h4-5,8-9,16H,3,6-7H2,1-2H3. The fourth-order valence-electron chi connectivity index (χ4n) is 1.75. The van der Waals surface area contributed by atoms with Crippen LogP contribution in [0.2, 0.25) is 0 Å². The lowest BCUT2D eigenvalue weighted by molar-refractivity contribution is 0.412. The highest BCUT2D eigenvalue weighted by molar-refractivity contribution is 9.10. The van der Waals surface area contributed by atoms with Gasteiger partial charge in [0.2, 0.25) is 0 Å². The Morgan fingerprint density at radius 3 is 2.95 bits per heavy atom. The van der Waals surface area contributed by atoms with E-state index in [1.807, 2.05) is 18.2 Å². The summed E-state index contributed by atoms with van der Waals surface area (Å²) in [5.74, 6) is 2.33. The molecule has 5 heteroatoms. The van der Waals surface area contributed by atoms with E-state index in [1.54, 1.807) is 13.3 Å². The van der Waals surface area contributed by atoms with Crippen molar-refractivity contribution in [3.63, 3.8) is 0 Å². The number of nitrogens with zero attached hydrogens (tertiary/aromatic N) is 1. The molecule has 0 radical (unpaired) electrons. The Bertz CT molecular complexity index is 540. The summed E-state index contributed by atoms with van der Waals surface area (Å²) in [6, 6.07) is 5.83. The Morgan fingerprint density at radius 2 is 2.26 bits per heavy atom. The number of methoxy groups -OCH3 is 1. The van der Waals surface area contributed by atoms with E-state index in [-0.39, 0.29) is 0 Å². The number of likely N-dealkylation sites (N-methyl/N-ethyl adjacent to an activating group) is 1. The second-order valence-electron chi connectivity index (χ2n) is 4.07. The molecule has 1 aromatic carbocycles. The molecule has 0 spiro atoms. The van der Waals surface area contributed by atoms with Gasteiger partial charge in [-0.1, -0.05) is 6.92 Å². The molecule has 19 heavy (non-hydrogen) atoms. The molecule has 1 heterocycles. The van der Waals surface area contributed by atoms with Gasteiger partial charge in [0.05, 0.1) is 17.8 Å². The summed E-state index contributed by atoms with van der Waals surface area (Å²) in [5.41, 5.74) is 0.981. The summed E-state index contributed by atoms with van der Waals surface area (Å²) in [4.78, 5) is 4.28. The monoisotopic (exact) mass is 324 g/mol. The molecular weight excluding hydrogens is 308 g/mol. The van der Waals surface area contributed by atoms with Crippen LogP contribution in [-0.2, 0) is 6.42 Å². The summed E-state index contributed by atoms with van der Waals surface area (Å²) in [6.07, 6.45) is 2.56. The fraction of sp³-hybridized carbons (Fsp3) is 0.357. The van der Waals surface area contributed by atoms with Crippen molar-refractivity contribution >= 4 is 15.9 Å². The zero-order valence-electron chi connectivity index (χ0n) is 11.1. The van der Waals surface area contributed by atoms with E-state index in [2.05, 4.69) is 33.2 Å². The van der Waals surface area contributed by atoms with Gasteiger partial charge >= 0.3 is 0 Å². The van der Waals surface area contributed by atoms with Gasteiger partial charge in [-0.2, -0.15) is 0 Å². The van der Waals surface area contributed by atoms with Crippen molar-refractivity contribution in [1.82, 2.24) is 10.3 Å². The maximum atomic E-state index is 5.73. The van der Waals surface area contributed by atoms with Gasteiger partial charge in [0.1, 0.15) is 5.75 Å². The predicted molar refractivity (Wildman–Crippen MR) is 78.4 cm³/mol. The zero-order valence-corrected chi connectivity index (χ0v) is 12.7. The Kier molecular flexibility index (Phi) is 4.99. The Balaban J connectivity index is 2.11. The third-order valence-corrected chi connectivity index (χ3v) is 3.38. The average Bonchev–Trinajstić information content (AvgIpc) is 2.88. The first-order valence-corrected chi connectivity index (χ1v) is 7.03. The van der Waals surface area contributed by atoms with Crippen molar-refractivity contribution in [2.45, 2.75) is 13.3 Å². The molecule has 0 saturated heterocycles. The molecule has 0 amide bonds. The van der Waals surface area contributed by atoms with Gasteiger partial charge in [0.15, 0.2) is 11.7 Å². The molecule has 1 N–H and O–H groups in total. The molecule has 1 aromatic heterocycles. The third-order valence-electron chi connectivity index (χ3n) is 2.76. The van der Waals surface area contributed by atoms with Crippen LogP contribution in [0.25, 0.3) is 11.3 Å². The molecule has 0 unspecified atom stereocenters. The molecule has 0 bridgehead atoms. The quantitative estimate of drug-likeness (QED) is 0.828. The van der Waals surface area contributed by atoms with Crippen LogP contribution in [0.1, 0.15) is 12.8 Å². The first-order chi connectivity index (χ1) is 9.24. The van der Waals surface area contributed by atoms with Crippen LogP contribution >= 0.6 is 15.9 Å². The van der Waals surface area contributed by atoms with Gasteiger partial charge in [-0.3, -0.25) is 0 Å². The van der Waals surface area contributed by atoms with Gasteiger partial charge < -0.3 is 14.5 Å². The van der Waals surface area contributed by atoms with E-state index in [9.17, 15) is 0 Å². The van der Waals surface area contributed by atoms with Crippen LogP contribution in [0.3, 0.4) is 0 Å². The molecule has 2 rings (SSSR count). The molecular formula is C14H17BrN2O2. The highest BCUT2D eigenvalue weighted by atomic mass is 79.9. The van der Waals surface area contributed by atoms with Crippen molar-refractivity contribution in [2.75, 3.05) is 20.2 Å². The number of rotatable bonds is 6. The van der Waals surface area contributed by atoms with E-state index in [0.29, 0.717) is 0 Å². The second kappa shape index (κ2) is 6.73. The molecule has 102 valence electrons. The number of hydrogen-bond donors (Lipinski definition) is 1. The Hall–Kier alpha value is -1.33. The maximum Gasteiger partial charge on any atom is 0.196 e. The minimum absolute atomic E-state index is 0.753. The lowest BCUT2D eigenvalue weighted by Crippen LogP contribution is -2.16. The SMILES string of the molecule is CCNCCc1ncc(-c2ccc(OC)c(Br)c2)o1. The van der Waals surface area contributed by atoms with Crippen LogP contribution in [-0.4, -0.2) is 25.2 Å². The topological polar surface area (TPSA) is 47.3 Å². The normalized spacial score (nSPS) is 10.7. The largest absolute Gasteiger partial charge is 0.496 e. The number of aromatic nitrogens is 1. The number of hydrogen-bond acceptors (Lipinski definition) is 4. The van der Waals surface area contributed by atoms with Gasteiger partial charge in [-0.05, 0) is 40.7 Å². The van der Waals surface area contributed by atoms with Crippen molar-refractivity contribution in [1.29, 1.82) is 0 Å². The van der Waals surface area contributed by atoms with Crippen molar-refractivity contribution in [3.05, 3.63) is 34.8 Å². The number of oxazole rings is 1. The van der Waals surface area contributed by atoms with E-state index >= 15 is 0 Å². The molecule has 0 fully saturated rings. The second-order valence-corrected chi connectivity index (χ2v) is 4.93. The minimum atomic E-state index is 0.753. The van der Waals surface area contributed by atoms with Gasteiger partial charge in [0.25, 0.3) is 0 Å². The summed E-state index contributed by atoms with van der Waals surface area (Å²) < 4.78 is 11.8. The zero-order chi connectivity index (χ0) is 13.7. The number of halogens is 1. The highest BCUT2D eigenvalue weighted by Crippen LogP contribution is 2.30. The molecule has 0 aliphatic carbocycles. The average molecular weight is 325 g/mol. The number of benzene rings is 1. The smallest absolute Gasteiger partial charge is 0.196 e. The van der Waals surface area contributed by atoms with Crippen molar-refractivity contribution < 1.29 is 9.15 Å². The highest BCUT2D eigenvalue weighted by Gasteiger charge is 2.08. The summed E-state index contributed by atoms with van der Waals surface area (Å²) >= 11 is 3.47. The molecule has 0 aliphatic rings. The Morgan fingerprint density at radius 1 is 1.42 bits per heavy atom. The van der Waals surface area contributed by atoms with Crippen molar-refractivity contribution in [2.24, 2.45) is 0 Å². The third kappa shape index (κ3) is 3.58. The predicted octanol–water partition coefficient (Wildman–Crippen LogP) is 3.26. The first-order valence-electron chi connectivity index (χ1n) is 6.24. The summed E-state index contributed by atoms with van der Waals surface area (Å²) in [6.45, 7) is 3.91. The molecule has 0 saturated carbocycles. The van der Waals surface area contributed by atoms with Crippen LogP contribution in [0.4, 0.5) is 0 Å². The maximum absolute atomic E-state index is 5.73.